The van der Waals surface area contributed by atoms with E-state index in [1.54, 1.807) is 36.4 Å². The van der Waals surface area contributed by atoms with E-state index in [4.69, 9.17) is 14.2 Å². The van der Waals surface area contributed by atoms with Crippen LogP contribution in [0, 0.1) is 0 Å². The first-order valence-electron chi connectivity index (χ1n) is 9.31. The van der Waals surface area contributed by atoms with Crippen LogP contribution in [0.15, 0.2) is 42.5 Å². The number of urea groups is 1. The molecule has 0 aromatic heterocycles. The number of para-hydroxylation sites is 3. The van der Waals surface area contributed by atoms with Crippen molar-refractivity contribution in [2.75, 3.05) is 38.5 Å². The minimum atomic E-state index is -0.598. The summed E-state index contributed by atoms with van der Waals surface area (Å²) in [7, 11) is 4.58. The molecule has 154 valence electrons. The van der Waals surface area contributed by atoms with E-state index < -0.39 is 6.04 Å². The van der Waals surface area contributed by atoms with Gasteiger partial charge in [-0.1, -0.05) is 18.2 Å². The lowest BCUT2D eigenvalue weighted by molar-refractivity contribution is -0.119. The van der Waals surface area contributed by atoms with Gasteiger partial charge in [-0.2, -0.15) is 0 Å². The topological polar surface area (TPSA) is 89.1 Å². The Bertz CT molecular complexity index is 864. The summed E-state index contributed by atoms with van der Waals surface area (Å²) in [5.74, 6) is 1.24. The van der Waals surface area contributed by atoms with Gasteiger partial charge in [-0.25, -0.2) is 4.79 Å². The van der Waals surface area contributed by atoms with E-state index in [-0.39, 0.29) is 11.9 Å². The van der Waals surface area contributed by atoms with Gasteiger partial charge in [0.25, 0.3) is 0 Å². The highest BCUT2D eigenvalue weighted by Crippen LogP contribution is 2.35. The zero-order valence-corrected chi connectivity index (χ0v) is 16.7. The van der Waals surface area contributed by atoms with Crippen LogP contribution in [-0.4, -0.2) is 50.8 Å². The standard InChI is InChI=1S/C21H25N3O5/c1-27-16-10-5-4-8-14(16)22-21(26)24-13-7-9-15(24)20(25)23-19-17(28-2)11-6-12-18(19)29-3/h4-6,8,10-12,15H,7,9,13H2,1-3H3,(H,22,26)(H,23,25)/t15-/m1/s1. The average molecular weight is 399 g/mol. The Hall–Kier alpha value is -3.42. The van der Waals surface area contributed by atoms with Crippen molar-refractivity contribution in [2.24, 2.45) is 0 Å². The second-order valence-electron chi connectivity index (χ2n) is 6.51. The van der Waals surface area contributed by atoms with Gasteiger partial charge in [-0.05, 0) is 37.1 Å². The summed E-state index contributed by atoms with van der Waals surface area (Å²) in [5.41, 5.74) is 0.997. The van der Waals surface area contributed by atoms with Gasteiger partial charge in [0.2, 0.25) is 5.91 Å². The maximum absolute atomic E-state index is 13.0. The predicted octanol–water partition coefficient (Wildman–Crippen LogP) is 3.35. The third kappa shape index (κ3) is 4.37. The fraction of sp³-hybridized carbons (Fsp3) is 0.333. The first-order valence-corrected chi connectivity index (χ1v) is 9.31. The minimum Gasteiger partial charge on any atom is -0.495 e. The summed E-state index contributed by atoms with van der Waals surface area (Å²) in [6.07, 6.45) is 1.31. The molecule has 0 aliphatic carbocycles. The molecule has 0 radical (unpaired) electrons. The van der Waals surface area contributed by atoms with Crippen LogP contribution < -0.4 is 24.8 Å². The fourth-order valence-electron chi connectivity index (χ4n) is 3.40. The van der Waals surface area contributed by atoms with Gasteiger partial charge in [-0.3, -0.25) is 4.79 Å². The zero-order valence-electron chi connectivity index (χ0n) is 16.7. The number of benzene rings is 2. The fourth-order valence-corrected chi connectivity index (χ4v) is 3.40. The molecule has 3 rings (SSSR count). The summed E-state index contributed by atoms with van der Waals surface area (Å²) in [6.45, 7) is 0.488. The molecule has 2 aromatic rings. The van der Waals surface area contributed by atoms with Gasteiger partial charge in [0.05, 0.1) is 27.0 Å². The SMILES string of the molecule is COc1ccccc1NC(=O)N1CCC[C@@H]1C(=O)Nc1c(OC)cccc1OC. The number of rotatable bonds is 6. The normalized spacial score (nSPS) is 15.6. The van der Waals surface area contributed by atoms with Crippen molar-refractivity contribution < 1.29 is 23.8 Å². The molecule has 8 heteroatoms. The van der Waals surface area contributed by atoms with Crippen LogP contribution in [0.25, 0.3) is 0 Å². The summed E-state index contributed by atoms with van der Waals surface area (Å²) in [5, 5.41) is 5.69. The summed E-state index contributed by atoms with van der Waals surface area (Å²) in [4.78, 5) is 27.3. The molecule has 0 bridgehead atoms. The molecule has 2 N–H and O–H groups in total. The highest BCUT2D eigenvalue weighted by Gasteiger charge is 2.35. The lowest BCUT2D eigenvalue weighted by atomic mass is 10.2. The third-order valence-electron chi connectivity index (χ3n) is 4.84. The van der Waals surface area contributed by atoms with Crippen molar-refractivity contribution in [3.8, 4) is 17.2 Å². The minimum absolute atomic E-state index is 0.291. The van der Waals surface area contributed by atoms with Crippen LogP contribution in [-0.2, 0) is 4.79 Å². The number of hydrogen-bond donors (Lipinski definition) is 2. The van der Waals surface area contributed by atoms with Crippen molar-refractivity contribution >= 4 is 23.3 Å². The molecule has 1 fully saturated rings. The number of carbonyl (C=O) groups is 2. The number of nitrogens with one attached hydrogen (secondary N) is 2. The second kappa shape index (κ2) is 9.18. The highest BCUT2D eigenvalue weighted by molar-refractivity contribution is 6.01. The van der Waals surface area contributed by atoms with Crippen molar-refractivity contribution in [3.05, 3.63) is 42.5 Å². The van der Waals surface area contributed by atoms with E-state index in [2.05, 4.69) is 10.6 Å². The molecule has 0 saturated carbocycles. The van der Waals surface area contributed by atoms with E-state index in [0.29, 0.717) is 41.6 Å². The van der Waals surface area contributed by atoms with Crippen LogP contribution in [0.3, 0.4) is 0 Å². The van der Waals surface area contributed by atoms with Crippen LogP contribution >= 0.6 is 0 Å². The van der Waals surface area contributed by atoms with Gasteiger partial charge >= 0.3 is 6.03 Å². The Morgan fingerprint density at radius 2 is 1.52 bits per heavy atom. The molecule has 0 spiro atoms. The van der Waals surface area contributed by atoms with Gasteiger partial charge < -0.3 is 29.7 Å². The summed E-state index contributed by atoms with van der Waals surface area (Å²) >= 11 is 0. The van der Waals surface area contributed by atoms with Gasteiger partial charge in [-0.15, -0.1) is 0 Å². The Kier molecular flexibility index (Phi) is 6.43. The molecular formula is C21H25N3O5. The second-order valence-corrected chi connectivity index (χ2v) is 6.51. The Morgan fingerprint density at radius 3 is 2.17 bits per heavy atom. The Balaban J connectivity index is 1.75. The highest BCUT2D eigenvalue weighted by atomic mass is 16.5. The third-order valence-corrected chi connectivity index (χ3v) is 4.84. The molecule has 1 atom stereocenters. The van der Waals surface area contributed by atoms with E-state index in [1.165, 1.54) is 26.2 Å². The molecular weight excluding hydrogens is 374 g/mol. The van der Waals surface area contributed by atoms with Crippen molar-refractivity contribution in [3.63, 3.8) is 0 Å². The summed E-state index contributed by atoms with van der Waals surface area (Å²) < 4.78 is 15.9. The van der Waals surface area contributed by atoms with E-state index in [0.717, 1.165) is 6.42 Å². The summed E-state index contributed by atoms with van der Waals surface area (Å²) in [6, 6.07) is 11.4. The number of anilines is 2. The maximum atomic E-state index is 13.0. The zero-order chi connectivity index (χ0) is 20.8. The van der Waals surface area contributed by atoms with E-state index in [1.807, 2.05) is 6.07 Å². The molecule has 1 aliphatic heterocycles. The maximum Gasteiger partial charge on any atom is 0.322 e. The molecule has 1 aliphatic rings. The lowest BCUT2D eigenvalue weighted by Crippen LogP contribution is -2.45. The molecule has 2 aromatic carbocycles. The van der Waals surface area contributed by atoms with Gasteiger partial charge in [0.15, 0.2) is 0 Å². The van der Waals surface area contributed by atoms with Crippen LogP contribution in [0.2, 0.25) is 0 Å². The number of hydrogen-bond acceptors (Lipinski definition) is 5. The van der Waals surface area contributed by atoms with Crippen molar-refractivity contribution in [1.29, 1.82) is 0 Å². The smallest absolute Gasteiger partial charge is 0.322 e. The number of likely N-dealkylation sites (tertiary alicyclic amines) is 1. The number of methoxy groups -OCH3 is 3. The van der Waals surface area contributed by atoms with E-state index in [9.17, 15) is 9.59 Å². The predicted molar refractivity (Wildman–Crippen MR) is 110 cm³/mol. The van der Waals surface area contributed by atoms with Crippen LogP contribution in [0.1, 0.15) is 12.8 Å². The average Bonchev–Trinajstić information content (AvgIpc) is 3.24. The molecule has 1 heterocycles. The Labute approximate surface area is 169 Å². The first-order chi connectivity index (χ1) is 14.1. The van der Waals surface area contributed by atoms with Gasteiger partial charge in [0, 0.05) is 6.54 Å². The molecule has 1 saturated heterocycles. The molecule has 3 amide bonds. The quantitative estimate of drug-likeness (QED) is 0.778. The van der Waals surface area contributed by atoms with Gasteiger partial charge in [0.1, 0.15) is 29.0 Å². The van der Waals surface area contributed by atoms with E-state index >= 15 is 0 Å². The number of ether oxygens (including phenoxy) is 3. The molecule has 29 heavy (non-hydrogen) atoms. The molecule has 0 unspecified atom stereocenters. The lowest BCUT2D eigenvalue weighted by Gasteiger charge is -2.25. The van der Waals surface area contributed by atoms with Crippen molar-refractivity contribution in [2.45, 2.75) is 18.9 Å². The van der Waals surface area contributed by atoms with Crippen LogP contribution in [0.4, 0.5) is 16.2 Å². The monoisotopic (exact) mass is 399 g/mol. The van der Waals surface area contributed by atoms with Crippen LogP contribution in [0.5, 0.6) is 17.2 Å². The number of carbonyl (C=O) groups excluding carboxylic acids is 2. The largest absolute Gasteiger partial charge is 0.495 e. The first kappa shape index (κ1) is 20.3. The molecule has 8 nitrogen and oxygen atoms in total. The van der Waals surface area contributed by atoms with Crippen molar-refractivity contribution in [1.82, 2.24) is 4.90 Å². The Morgan fingerprint density at radius 1 is 0.897 bits per heavy atom. The number of amides is 3. The number of nitrogens with zero attached hydrogens (tertiary/aromatic N) is 1.